The van der Waals surface area contributed by atoms with Crippen molar-refractivity contribution in [1.82, 2.24) is 9.21 Å². The van der Waals surface area contributed by atoms with Gasteiger partial charge in [-0.3, -0.25) is 9.69 Å². The Bertz CT molecular complexity index is 931. The topological polar surface area (TPSA) is 79.0 Å². The molecule has 0 saturated heterocycles. The van der Waals surface area contributed by atoms with E-state index in [9.17, 15) is 13.2 Å². The summed E-state index contributed by atoms with van der Waals surface area (Å²) in [6.07, 6.45) is 0. The van der Waals surface area contributed by atoms with Crippen LogP contribution >= 0.6 is 0 Å². The van der Waals surface area contributed by atoms with Crippen LogP contribution in [-0.2, 0) is 19.6 Å². The van der Waals surface area contributed by atoms with Gasteiger partial charge in [0.15, 0.2) is 0 Å². The van der Waals surface area contributed by atoms with E-state index in [0.29, 0.717) is 31.9 Å². The molecule has 1 amide bonds. The van der Waals surface area contributed by atoms with Gasteiger partial charge < -0.3 is 10.1 Å². The van der Waals surface area contributed by atoms with Crippen molar-refractivity contribution in [2.24, 2.45) is 0 Å². The largest absolute Gasteiger partial charge is 0.383 e. The number of carbonyl (C=O) groups is 1. The van der Waals surface area contributed by atoms with Gasteiger partial charge in [-0.05, 0) is 30.7 Å². The number of hydrogen-bond donors (Lipinski definition) is 1. The van der Waals surface area contributed by atoms with Crippen molar-refractivity contribution < 1.29 is 17.9 Å². The van der Waals surface area contributed by atoms with E-state index in [2.05, 4.69) is 12.2 Å². The van der Waals surface area contributed by atoms with Crippen LogP contribution < -0.4 is 5.32 Å². The van der Waals surface area contributed by atoms with E-state index in [0.717, 1.165) is 5.56 Å². The van der Waals surface area contributed by atoms with Crippen LogP contribution in [0, 0.1) is 0 Å². The molecule has 2 rings (SSSR count). The van der Waals surface area contributed by atoms with Crippen molar-refractivity contribution in [1.29, 1.82) is 0 Å². The number of nitrogens with one attached hydrogen (secondary N) is 1. The van der Waals surface area contributed by atoms with Gasteiger partial charge in [0.2, 0.25) is 15.9 Å². The summed E-state index contributed by atoms with van der Waals surface area (Å²) in [4.78, 5) is 15.0. The number of hydrogen-bond acceptors (Lipinski definition) is 5. The number of rotatable bonds is 12. The summed E-state index contributed by atoms with van der Waals surface area (Å²) in [6.45, 7) is 7.69. The second-order valence-electron chi connectivity index (χ2n) is 7.22. The predicted octanol–water partition coefficient (Wildman–Crippen LogP) is 3.37. The third-order valence-electron chi connectivity index (χ3n) is 5.22. The van der Waals surface area contributed by atoms with Gasteiger partial charge in [0, 0.05) is 38.5 Å². The van der Waals surface area contributed by atoms with E-state index >= 15 is 0 Å². The van der Waals surface area contributed by atoms with Gasteiger partial charge in [0.05, 0.1) is 18.0 Å². The molecule has 7 nitrogen and oxygen atoms in total. The molecule has 0 radical (unpaired) electrons. The summed E-state index contributed by atoms with van der Waals surface area (Å²) in [6, 6.07) is 16.4. The number of ether oxygens (including phenoxy) is 1. The fraction of sp³-hybridized carbons (Fsp3) is 0.435. The second kappa shape index (κ2) is 12.0. The third kappa shape index (κ3) is 6.87. The zero-order valence-electron chi connectivity index (χ0n) is 18.7. The second-order valence-corrected chi connectivity index (χ2v) is 9.15. The molecule has 0 heterocycles. The Hall–Kier alpha value is -2.26. The quantitative estimate of drug-likeness (QED) is 0.540. The summed E-state index contributed by atoms with van der Waals surface area (Å²) < 4.78 is 32.1. The van der Waals surface area contributed by atoms with E-state index < -0.39 is 10.0 Å². The minimum absolute atomic E-state index is 0.0245. The molecule has 2 aromatic carbocycles. The molecule has 8 heteroatoms. The first kappa shape index (κ1) is 25.0. The van der Waals surface area contributed by atoms with Crippen LogP contribution in [-0.4, -0.2) is 63.4 Å². The van der Waals surface area contributed by atoms with E-state index in [-0.39, 0.29) is 23.4 Å². The maximum absolute atomic E-state index is 12.8. The van der Waals surface area contributed by atoms with Gasteiger partial charge >= 0.3 is 0 Å². The zero-order valence-corrected chi connectivity index (χ0v) is 19.6. The molecular weight excluding hydrogens is 414 g/mol. The van der Waals surface area contributed by atoms with Crippen LogP contribution in [0.15, 0.2) is 59.5 Å². The molecule has 1 N–H and O–H groups in total. The Balaban J connectivity index is 2.14. The number of nitrogens with zero attached hydrogens (tertiary/aromatic N) is 2. The van der Waals surface area contributed by atoms with Gasteiger partial charge in [-0.2, -0.15) is 4.31 Å². The summed E-state index contributed by atoms with van der Waals surface area (Å²) in [5.41, 5.74) is 1.57. The third-order valence-corrected chi connectivity index (χ3v) is 7.27. The lowest BCUT2D eigenvalue weighted by atomic mass is 10.1. The van der Waals surface area contributed by atoms with Crippen LogP contribution in [0.3, 0.4) is 0 Å². The van der Waals surface area contributed by atoms with E-state index in [4.69, 9.17) is 4.74 Å². The van der Waals surface area contributed by atoms with Crippen molar-refractivity contribution in [3.63, 3.8) is 0 Å². The molecule has 0 unspecified atom stereocenters. The lowest BCUT2D eigenvalue weighted by molar-refractivity contribution is -0.118. The predicted molar refractivity (Wildman–Crippen MR) is 123 cm³/mol. The lowest BCUT2D eigenvalue weighted by Gasteiger charge is -2.28. The van der Waals surface area contributed by atoms with Gasteiger partial charge in [0.25, 0.3) is 0 Å². The highest BCUT2D eigenvalue weighted by atomic mass is 32.2. The van der Waals surface area contributed by atoms with Gasteiger partial charge in [-0.15, -0.1) is 0 Å². The van der Waals surface area contributed by atoms with Crippen molar-refractivity contribution >= 4 is 21.6 Å². The highest BCUT2D eigenvalue weighted by Gasteiger charge is 2.22. The Morgan fingerprint density at radius 2 is 1.74 bits per heavy atom. The maximum Gasteiger partial charge on any atom is 0.243 e. The number of carbonyl (C=O) groups excluding carboxylic acids is 1. The van der Waals surface area contributed by atoms with E-state index in [1.54, 1.807) is 39.2 Å². The average molecular weight is 448 g/mol. The number of anilines is 1. The molecule has 170 valence electrons. The normalized spacial score (nSPS) is 12.8. The molecule has 31 heavy (non-hydrogen) atoms. The average Bonchev–Trinajstić information content (AvgIpc) is 2.77. The van der Waals surface area contributed by atoms with Gasteiger partial charge in [-0.25, -0.2) is 8.42 Å². The number of sulfonamides is 1. The van der Waals surface area contributed by atoms with Gasteiger partial charge in [0.1, 0.15) is 0 Å². The molecule has 0 saturated carbocycles. The fourth-order valence-corrected chi connectivity index (χ4v) is 4.90. The smallest absolute Gasteiger partial charge is 0.243 e. The van der Waals surface area contributed by atoms with E-state index in [1.807, 2.05) is 35.2 Å². The van der Waals surface area contributed by atoms with Gasteiger partial charge in [-0.1, -0.05) is 50.2 Å². The maximum atomic E-state index is 12.8. The highest BCUT2D eigenvalue weighted by Crippen LogP contribution is 2.21. The Labute approximate surface area is 186 Å². The molecule has 0 fully saturated rings. The van der Waals surface area contributed by atoms with Crippen LogP contribution in [0.4, 0.5) is 5.69 Å². The first-order chi connectivity index (χ1) is 14.8. The first-order valence-electron chi connectivity index (χ1n) is 10.5. The highest BCUT2D eigenvalue weighted by molar-refractivity contribution is 7.89. The summed E-state index contributed by atoms with van der Waals surface area (Å²) in [7, 11) is -1.96. The van der Waals surface area contributed by atoms with Crippen LogP contribution in [0.1, 0.15) is 32.4 Å². The minimum atomic E-state index is -3.59. The fourth-order valence-electron chi connectivity index (χ4n) is 3.39. The van der Waals surface area contributed by atoms with Crippen molar-refractivity contribution in [2.75, 3.05) is 45.2 Å². The zero-order chi connectivity index (χ0) is 22.9. The molecule has 0 aliphatic carbocycles. The molecule has 1 atom stereocenters. The van der Waals surface area contributed by atoms with Crippen LogP contribution in [0.5, 0.6) is 0 Å². The van der Waals surface area contributed by atoms with Crippen LogP contribution in [0.2, 0.25) is 0 Å². The summed E-state index contributed by atoms with van der Waals surface area (Å²) in [5.74, 6) is -0.212. The SMILES string of the molecule is CCN(CC)S(=O)(=O)c1cccc(NC(=O)CN(CCOC)[C@H](C)c2ccccc2)c1. The molecule has 0 bridgehead atoms. The van der Waals surface area contributed by atoms with Crippen molar-refractivity contribution in [2.45, 2.75) is 31.7 Å². The van der Waals surface area contributed by atoms with Crippen molar-refractivity contribution in [3.8, 4) is 0 Å². The molecule has 2 aromatic rings. The Kier molecular flexibility index (Phi) is 9.64. The van der Waals surface area contributed by atoms with Crippen molar-refractivity contribution in [3.05, 3.63) is 60.2 Å². The minimum Gasteiger partial charge on any atom is -0.383 e. The molecule has 0 aromatic heterocycles. The number of methoxy groups -OCH3 is 1. The van der Waals surface area contributed by atoms with E-state index in [1.165, 1.54) is 10.4 Å². The summed E-state index contributed by atoms with van der Waals surface area (Å²) in [5, 5.41) is 2.84. The first-order valence-corrected chi connectivity index (χ1v) is 12.0. The molecule has 0 aliphatic rings. The molecule has 0 aliphatic heterocycles. The number of benzene rings is 2. The van der Waals surface area contributed by atoms with Crippen LogP contribution in [0.25, 0.3) is 0 Å². The summed E-state index contributed by atoms with van der Waals surface area (Å²) >= 11 is 0. The monoisotopic (exact) mass is 447 g/mol. The standard InChI is InChI=1S/C23H33N3O4S/c1-5-26(6-2)31(28,29)22-14-10-13-21(17-22)24-23(27)18-25(15-16-30-4)19(3)20-11-8-7-9-12-20/h7-14,17,19H,5-6,15-16,18H2,1-4H3,(H,24,27)/t19-/m1/s1. The Morgan fingerprint density at radius 3 is 2.35 bits per heavy atom. The lowest BCUT2D eigenvalue weighted by Crippen LogP contribution is -2.37. The Morgan fingerprint density at radius 1 is 1.06 bits per heavy atom. The molecular formula is C23H33N3O4S. The molecule has 0 spiro atoms. The number of amides is 1.